The van der Waals surface area contributed by atoms with Crippen LogP contribution in [0, 0.1) is 0 Å². The number of aromatic nitrogens is 4. The van der Waals surface area contributed by atoms with Gasteiger partial charge in [0.25, 0.3) is 0 Å². The molecule has 0 spiro atoms. The van der Waals surface area contributed by atoms with E-state index in [2.05, 4.69) is 35.0 Å². The highest BCUT2D eigenvalue weighted by Gasteiger charge is 2.10. The van der Waals surface area contributed by atoms with Crippen LogP contribution < -0.4 is 5.73 Å². The smallest absolute Gasteiger partial charge is 0.223 e. The van der Waals surface area contributed by atoms with Crippen LogP contribution in [0.4, 0.5) is 5.95 Å². The van der Waals surface area contributed by atoms with Crippen LogP contribution >= 0.6 is 11.6 Å². The summed E-state index contributed by atoms with van der Waals surface area (Å²) < 4.78 is 1.77. The maximum atomic E-state index is 5.86. The fraction of sp³-hybridized carbons (Fsp3) is 0.364. The Bertz CT molecular complexity index is 514. The lowest BCUT2D eigenvalue weighted by molar-refractivity contribution is 0.770. The second-order valence-corrected chi connectivity index (χ2v) is 4.04. The van der Waals surface area contributed by atoms with E-state index in [0.29, 0.717) is 11.0 Å². The molecular formula is C11H14ClN5. The van der Waals surface area contributed by atoms with Gasteiger partial charge in [-0.25, -0.2) is 9.67 Å². The fourth-order valence-electron chi connectivity index (χ4n) is 1.63. The summed E-state index contributed by atoms with van der Waals surface area (Å²) in [6, 6.07) is 3.72. The van der Waals surface area contributed by atoms with Crippen molar-refractivity contribution in [1.82, 2.24) is 19.7 Å². The van der Waals surface area contributed by atoms with Crippen molar-refractivity contribution in [2.24, 2.45) is 0 Å². The Hall–Kier alpha value is -1.62. The molecule has 0 saturated heterocycles. The minimum absolute atomic E-state index is 0.156. The summed E-state index contributed by atoms with van der Waals surface area (Å²) in [6.07, 6.45) is 1.75. The highest BCUT2D eigenvalue weighted by atomic mass is 35.5. The number of hydrogen-bond donors (Lipinski definition) is 1. The Balaban J connectivity index is 2.54. The van der Waals surface area contributed by atoms with Gasteiger partial charge in [-0.3, -0.25) is 0 Å². The first-order valence-corrected chi connectivity index (χ1v) is 5.90. The number of hydrogen-bond acceptors (Lipinski definition) is 4. The molecule has 0 unspecified atom stereocenters. The molecule has 2 heterocycles. The van der Waals surface area contributed by atoms with E-state index in [0.717, 1.165) is 24.2 Å². The van der Waals surface area contributed by atoms with E-state index in [-0.39, 0.29) is 5.95 Å². The van der Waals surface area contributed by atoms with Crippen LogP contribution in [0.15, 0.2) is 12.1 Å². The van der Waals surface area contributed by atoms with Gasteiger partial charge in [0.05, 0.1) is 5.69 Å². The first-order chi connectivity index (χ1) is 8.13. The fourth-order valence-corrected chi connectivity index (χ4v) is 1.81. The normalized spacial score (nSPS) is 10.8. The largest absolute Gasteiger partial charge is 0.368 e. The molecule has 0 bridgehead atoms. The van der Waals surface area contributed by atoms with Crippen molar-refractivity contribution in [2.75, 3.05) is 5.73 Å². The zero-order valence-electron chi connectivity index (χ0n) is 9.81. The molecule has 0 radical (unpaired) electrons. The molecular weight excluding hydrogens is 238 g/mol. The van der Waals surface area contributed by atoms with E-state index in [1.165, 1.54) is 0 Å². The molecule has 2 N–H and O–H groups in total. The van der Waals surface area contributed by atoms with Crippen LogP contribution in [-0.4, -0.2) is 19.7 Å². The third-order valence-electron chi connectivity index (χ3n) is 2.47. The molecule has 0 aromatic carbocycles. The van der Waals surface area contributed by atoms with Crippen LogP contribution in [0.25, 0.3) is 5.82 Å². The van der Waals surface area contributed by atoms with Gasteiger partial charge in [-0.2, -0.15) is 10.1 Å². The van der Waals surface area contributed by atoms with E-state index in [1.54, 1.807) is 10.7 Å². The van der Waals surface area contributed by atoms with E-state index in [4.69, 9.17) is 17.3 Å². The van der Waals surface area contributed by atoms with Crippen molar-refractivity contribution in [3.8, 4) is 5.82 Å². The number of anilines is 1. The van der Waals surface area contributed by atoms with Gasteiger partial charge < -0.3 is 5.73 Å². The summed E-state index contributed by atoms with van der Waals surface area (Å²) in [6.45, 7) is 4.13. The monoisotopic (exact) mass is 251 g/mol. The van der Waals surface area contributed by atoms with Gasteiger partial charge in [-0.05, 0) is 18.9 Å². The summed E-state index contributed by atoms with van der Waals surface area (Å²) in [5.74, 6) is 0.766. The summed E-state index contributed by atoms with van der Waals surface area (Å²) in [5, 5.41) is 4.79. The van der Waals surface area contributed by atoms with E-state index in [1.807, 2.05) is 0 Å². The van der Waals surface area contributed by atoms with Gasteiger partial charge in [0.15, 0.2) is 5.82 Å². The Kier molecular flexibility index (Phi) is 3.28. The van der Waals surface area contributed by atoms with Gasteiger partial charge in [0.2, 0.25) is 5.95 Å². The average Bonchev–Trinajstić information content (AvgIpc) is 2.70. The second-order valence-electron chi connectivity index (χ2n) is 3.65. The number of halogens is 1. The van der Waals surface area contributed by atoms with Crippen molar-refractivity contribution in [3.63, 3.8) is 0 Å². The lowest BCUT2D eigenvalue weighted by Gasteiger charge is -2.05. The zero-order valence-corrected chi connectivity index (χ0v) is 10.6. The van der Waals surface area contributed by atoms with Crippen LogP contribution in [-0.2, 0) is 12.8 Å². The van der Waals surface area contributed by atoms with Gasteiger partial charge in [-0.15, -0.1) is 0 Å². The standard InChI is InChI=1S/C11H14ClN5/c1-3-7-5-8(4-2)17(16-7)10-6-9(12)14-11(13)15-10/h5-6H,3-4H2,1-2H3,(H2,13,14,15). The first kappa shape index (κ1) is 11.9. The van der Waals surface area contributed by atoms with Gasteiger partial charge in [-0.1, -0.05) is 25.4 Å². The van der Waals surface area contributed by atoms with Gasteiger partial charge >= 0.3 is 0 Å². The molecule has 2 aromatic rings. The zero-order chi connectivity index (χ0) is 12.4. The molecule has 0 saturated carbocycles. The molecule has 0 atom stereocenters. The summed E-state index contributed by atoms with van der Waals surface area (Å²) >= 11 is 5.86. The average molecular weight is 252 g/mol. The highest BCUT2D eigenvalue weighted by molar-refractivity contribution is 6.29. The molecule has 2 rings (SSSR count). The lowest BCUT2D eigenvalue weighted by Crippen LogP contribution is -2.07. The molecule has 6 heteroatoms. The molecule has 17 heavy (non-hydrogen) atoms. The minimum Gasteiger partial charge on any atom is -0.368 e. The second kappa shape index (κ2) is 4.71. The SMILES string of the molecule is CCc1cc(CC)n(-c2cc(Cl)nc(N)n2)n1. The predicted octanol–water partition coefficient (Wildman–Crippen LogP) is 2.02. The Morgan fingerprint density at radius 1 is 1.24 bits per heavy atom. The highest BCUT2D eigenvalue weighted by Crippen LogP contribution is 2.16. The summed E-state index contributed by atoms with van der Waals surface area (Å²) in [7, 11) is 0. The molecule has 0 amide bonds. The maximum absolute atomic E-state index is 5.86. The van der Waals surface area contributed by atoms with E-state index < -0.39 is 0 Å². The molecule has 2 aromatic heterocycles. The van der Waals surface area contributed by atoms with Crippen molar-refractivity contribution in [2.45, 2.75) is 26.7 Å². The van der Waals surface area contributed by atoms with Crippen LogP contribution in [0.1, 0.15) is 25.2 Å². The predicted molar refractivity (Wildman–Crippen MR) is 67.3 cm³/mol. The number of nitrogens with zero attached hydrogens (tertiary/aromatic N) is 4. The minimum atomic E-state index is 0.156. The van der Waals surface area contributed by atoms with Crippen molar-refractivity contribution >= 4 is 17.5 Å². The first-order valence-electron chi connectivity index (χ1n) is 5.52. The Morgan fingerprint density at radius 2 is 2.00 bits per heavy atom. The molecule has 0 fully saturated rings. The van der Waals surface area contributed by atoms with Crippen molar-refractivity contribution in [3.05, 3.63) is 28.7 Å². The third-order valence-corrected chi connectivity index (χ3v) is 2.67. The third kappa shape index (κ3) is 2.39. The van der Waals surface area contributed by atoms with Crippen LogP contribution in [0.3, 0.4) is 0 Å². The molecule has 0 aliphatic heterocycles. The van der Waals surface area contributed by atoms with Gasteiger partial charge in [0.1, 0.15) is 5.15 Å². The Morgan fingerprint density at radius 3 is 2.59 bits per heavy atom. The summed E-state index contributed by atoms with van der Waals surface area (Å²) in [5.41, 5.74) is 7.68. The quantitative estimate of drug-likeness (QED) is 0.848. The lowest BCUT2D eigenvalue weighted by atomic mass is 10.2. The maximum Gasteiger partial charge on any atom is 0.223 e. The topological polar surface area (TPSA) is 69.6 Å². The molecule has 0 aliphatic carbocycles. The van der Waals surface area contributed by atoms with E-state index in [9.17, 15) is 0 Å². The van der Waals surface area contributed by atoms with Crippen molar-refractivity contribution < 1.29 is 0 Å². The van der Waals surface area contributed by atoms with Crippen LogP contribution in [0.2, 0.25) is 5.15 Å². The molecule has 90 valence electrons. The number of nitrogens with two attached hydrogens (primary N) is 1. The van der Waals surface area contributed by atoms with Gasteiger partial charge in [0, 0.05) is 11.8 Å². The summed E-state index contributed by atoms with van der Waals surface area (Å²) in [4.78, 5) is 7.98. The number of aryl methyl sites for hydroxylation is 2. The molecule has 5 nitrogen and oxygen atoms in total. The Labute approximate surface area is 105 Å². The van der Waals surface area contributed by atoms with Crippen molar-refractivity contribution in [1.29, 1.82) is 0 Å². The number of rotatable bonds is 3. The molecule has 0 aliphatic rings. The van der Waals surface area contributed by atoms with E-state index >= 15 is 0 Å². The number of nitrogen functional groups attached to an aromatic ring is 1. The van der Waals surface area contributed by atoms with Crippen LogP contribution in [0.5, 0.6) is 0 Å².